The molecule has 2 aliphatic rings. The molecule has 152 valence electrons. The Morgan fingerprint density at radius 2 is 1.86 bits per heavy atom. The first-order valence-electron chi connectivity index (χ1n) is 10.1. The van der Waals surface area contributed by atoms with Crippen LogP contribution < -0.4 is 5.32 Å². The van der Waals surface area contributed by atoms with Gasteiger partial charge >= 0.3 is 0 Å². The van der Waals surface area contributed by atoms with Gasteiger partial charge in [-0.2, -0.15) is 0 Å². The molecular weight excluding hydrogens is 386 g/mol. The Kier molecular flexibility index (Phi) is 5.50. The Balaban J connectivity index is 1.35. The molecule has 1 aromatic heterocycles. The highest BCUT2D eigenvalue weighted by Crippen LogP contribution is 2.38. The van der Waals surface area contributed by atoms with E-state index in [9.17, 15) is 14.4 Å². The summed E-state index contributed by atoms with van der Waals surface area (Å²) in [7, 11) is 0. The number of carbonyl (C=O) groups is 3. The Hall–Kier alpha value is -2.54. The summed E-state index contributed by atoms with van der Waals surface area (Å²) >= 11 is 1.37. The fraction of sp³-hybridized carbons (Fsp3) is 0.455. The first-order valence-corrected chi connectivity index (χ1v) is 11.0. The number of aromatic nitrogens is 1. The number of hydrogen-bond donors (Lipinski definition) is 1. The van der Waals surface area contributed by atoms with E-state index in [0.717, 1.165) is 42.5 Å². The molecule has 4 rings (SSSR count). The fourth-order valence-corrected chi connectivity index (χ4v) is 5.13. The highest BCUT2D eigenvalue weighted by Gasteiger charge is 2.47. The lowest BCUT2D eigenvalue weighted by atomic mass is 9.81. The summed E-state index contributed by atoms with van der Waals surface area (Å²) < 4.78 is 0. The number of carbonyl (C=O) groups excluding carboxylic acids is 3. The van der Waals surface area contributed by atoms with Gasteiger partial charge in [0, 0.05) is 23.9 Å². The molecule has 29 heavy (non-hydrogen) atoms. The van der Waals surface area contributed by atoms with Crippen molar-refractivity contribution in [2.75, 3.05) is 11.9 Å². The minimum atomic E-state index is -0.234. The summed E-state index contributed by atoms with van der Waals surface area (Å²) in [6, 6.07) is 6.19. The molecule has 2 atom stereocenters. The average Bonchev–Trinajstić information content (AvgIpc) is 3.24. The molecule has 0 bridgehead atoms. The third kappa shape index (κ3) is 3.96. The maximum Gasteiger partial charge on any atom is 0.233 e. The summed E-state index contributed by atoms with van der Waals surface area (Å²) in [5, 5.41) is 5.25. The number of thiazole rings is 1. The third-order valence-corrected chi connectivity index (χ3v) is 6.66. The van der Waals surface area contributed by atoms with Crippen LogP contribution in [0.15, 0.2) is 23.6 Å². The number of amides is 3. The second-order valence-electron chi connectivity index (χ2n) is 7.98. The zero-order valence-electron chi connectivity index (χ0n) is 16.7. The van der Waals surface area contributed by atoms with Gasteiger partial charge in [0.1, 0.15) is 0 Å². The van der Waals surface area contributed by atoms with Crippen molar-refractivity contribution in [2.24, 2.45) is 11.8 Å². The van der Waals surface area contributed by atoms with Crippen molar-refractivity contribution >= 4 is 34.2 Å². The van der Waals surface area contributed by atoms with Gasteiger partial charge in [0.15, 0.2) is 5.13 Å². The van der Waals surface area contributed by atoms with Crippen LogP contribution in [0.25, 0.3) is 11.3 Å². The van der Waals surface area contributed by atoms with E-state index in [0.29, 0.717) is 5.13 Å². The molecule has 7 heteroatoms. The molecule has 1 aromatic carbocycles. The normalized spacial score (nSPS) is 21.4. The Morgan fingerprint density at radius 3 is 2.52 bits per heavy atom. The van der Waals surface area contributed by atoms with Crippen LogP contribution in [0.5, 0.6) is 0 Å². The molecule has 0 spiro atoms. The SMILES string of the molecule is Cc1ccc(-c2csc(NC(=O)CCN3C(=O)[C@@H]4CCCC[C@H]4C3=O)n2)c(C)c1. The zero-order valence-corrected chi connectivity index (χ0v) is 17.6. The van der Waals surface area contributed by atoms with Crippen LogP contribution in [-0.4, -0.2) is 34.2 Å². The van der Waals surface area contributed by atoms with Gasteiger partial charge in [0.2, 0.25) is 17.7 Å². The third-order valence-electron chi connectivity index (χ3n) is 5.90. The van der Waals surface area contributed by atoms with Crippen LogP contribution in [-0.2, 0) is 14.4 Å². The maximum atomic E-state index is 12.5. The minimum absolute atomic E-state index is 0.0927. The summed E-state index contributed by atoms with van der Waals surface area (Å²) in [4.78, 5) is 43.2. The summed E-state index contributed by atoms with van der Waals surface area (Å²) in [6.07, 6.45) is 3.68. The van der Waals surface area contributed by atoms with Crippen molar-refractivity contribution in [1.29, 1.82) is 0 Å². The van der Waals surface area contributed by atoms with E-state index in [1.54, 1.807) is 0 Å². The van der Waals surface area contributed by atoms with Crippen molar-refractivity contribution < 1.29 is 14.4 Å². The van der Waals surface area contributed by atoms with Gasteiger partial charge in [-0.3, -0.25) is 19.3 Å². The van der Waals surface area contributed by atoms with Crippen molar-refractivity contribution in [3.63, 3.8) is 0 Å². The molecule has 1 N–H and O–H groups in total. The Morgan fingerprint density at radius 1 is 1.17 bits per heavy atom. The second-order valence-corrected chi connectivity index (χ2v) is 8.84. The number of likely N-dealkylation sites (tertiary alicyclic amines) is 1. The molecule has 6 nitrogen and oxygen atoms in total. The fourth-order valence-electron chi connectivity index (χ4n) is 4.40. The number of fused-ring (bicyclic) bond motifs is 1. The van der Waals surface area contributed by atoms with E-state index < -0.39 is 0 Å². The molecule has 1 aliphatic carbocycles. The number of imide groups is 1. The van der Waals surface area contributed by atoms with Crippen molar-refractivity contribution in [3.8, 4) is 11.3 Å². The van der Waals surface area contributed by atoms with Crippen molar-refractivity contribution in [1.82, 2.24) is 9.88 Å². The van der Waals surface area contributed by atoms with Crippen LogP contribution in [0.2, 0.25) is 0 Å². The summed E-state index contributed by atoms with van der Waals surface area (Å²) in [6.45, 7) is 4.24. The molecule has 0 unspecified atom stereocenters. The predicted octanol–water partition coefficient (Wildman–Crippen LogP) is 3.93. The highest BCUT2D eigenvalue weighted by atomic mass is 32.1. The first kappa shape index (κ1) is 19.8. The Labute approximate surface area is 174 Å². The molecule has 1 saturated heterocycles. The second kappa shape index (κ2) is 8.06. The first-order chi connectivity index (χ1) is 13.9. The van der Waals surface area contributed by atoms with Gasteiger partial charge in [-0.25, -0.2) is 4.98 Å². The number of benzene rings is 1. The number of nitrogens with zero attached hydrogens (tertiary/aromatic N) is 2. The molecule has 2 heterocycles. The topological polar surface area (TPSA) is 79.4 Å². The van der Waals surface area contributed by atoms with Gasteiger partial charge < -0.3 is 5.32 Å². The van der Waals surface area contributed by atoms with E-state index in [1.165, 1.54) is 21.8 Å². The van der Waals surface area contributed by atoms with E-state index in [-0.39, 0.29) is 42.5 Å². The Bertz CT molecular complexity index is 944. The number of hydrogen-bond acceptors (Lipinski definition) is 5. The lowest BCUT2D eigenvalue weighted by Gasteiger charge is -2.19. The summed E-state index contributed by atoms with van der Waals surface area (Å²) in [5.74, 6) is -0.767. The maximum absolute atomic E-state index is 12.5. The van der Waals surface area contributed by atoms with Gasteiger partial charge in [-0.05, 0) is 32.3 Å². The molecule has 3 amide bonds. The predicted molar refractivity (Wildman–Crippen MR) is 112 cm³/mol. The zero-order chi connectivity index (χ0) is 20.5. The number of aryl methyl sites for hydroxylation is 2. The van der Waals surface area contributed by atoms with E-state index in [1.807, 2.05) is 31.4 Å². The molecule has 1 saturated carbocycles. The lowest BCUT2D eigenvalue weighted by molar-refractivity contribution is -0.140. The van der Waals surface area contributed by atoms with Gasteiger partial charge in [-0.1, -0.05) is 36.6 Å². The minimum Gasteiger partial charge on any atom is -0.302 e. The van der Waals surface area contributed by atoms with E-state index in [2.05, 4.69) is 16.4 Å². The largest absolute Gasteiger partial charge is 0.302 e. The standard InChI is InChI=1S/C22H25N3O3S/c1-13-7-8-15(14(2)11-13)18-12-29-22(23-18)24-19(26)9-10-25-20(27)16-5-3-4-6-17(16)21(25)28/h7-8,11-12,16-17H,3-6,9-10H2,1-2H3,(H,23,24,26)/t16-,17-/m1/s1. The molecule has 0 radical (unpaired) electrons. The van der Waals surface area contributed by atoms with E-state index >= 15 is 0 Å². The van der Waals surface area contributed by atoms with Crippen LogP contribution in [0.4, 0.5) is 5.13 Å². The highest BCUT2D eigenvalue weighted by molar-refractivity contribution is 7.14. The number of rotatable bonds is 5. The number of nitrogens with one attached hydrogen (secondary N) is 1. The average molecular weight is 412 g/mol. The molecular formula is C22H25N3O3S. The van der Waals surface area contributed by atoms with Gasteiger partial charge in [0.25, 0.3) is 0 Å². The van der Waals surface area contributed by atoms with Crippen LogP contribution >= 0.6 is 11.3 Å². The number of anilines is 1. The quantitative estimate of drug-likeness (QED) is 0.756. The summed E-state index contributed by atoms with van der Waals surface area (Å²) in [5.41, 5.74) is 4.21. The van der Waals surface area contributed by atoms with E-state index in [4.69, 9.17) is 0 Å². The molecule has 2 fully saturated rings. The monoisotopic (exact) mass is 411 g/mol. The van der Waals surface area contributed by atoms with Crippen molar-refractivity contribution in [3.05, 3.63) is 34.7 Å². The molecule has 1 aliphatic heterocycles. The van der Waals surface area contributed by atoms with Gasteiger partial charge in [-0.15, -0.1) is 11.3 Å². The van der Waals surface area contributed by atoms with Crippen LogP contribution in [0, 0.1) is 25.7 Å². The lowest BCUT2D eigenvalue weighted by Crippen LogP contribution is -2.34. The van der Waals surface area contributed by atoms with Gasteiger partial charge in [0.05, 0.1) is 17.5 Å². The molecule has 2 aromatic rings. The van der Waals surface area contributed by atoms with Crippen LogP contribution in [0.3, 0.4) is 0 Å². The smallest absolute Gasteiger partial charge is 0.233 e. The van der Waals surface area contributed by atoms with Crippen LogP contribution in [0.1, 0.15) is 43.2 Å². The van der Waals surface area contributed by atoms with Crippen molar-refractivity contribution in [2.45, 2.75) is 46.0 Å².